The van der Waals surface area contributed by atoms with Crippen LogP contribution >= 0.6 is 23.2 Å². The zero-order valence-corrected chi connectivity index (χ0v) is 24.1. The normalized spacial score (nSPS) is 12.2. The van der Waals surface area contributed by atoms with Gasteiger partial charge in [-0.3, -0.25) is 9.59 Å². The molecule has 3 aromatic rings. The summed E-state index contributed by atoms with van der Waals surface area (Å²) < 4.78 is 5.89. The first kappa shape index (κ1) is 29.5. The van der Waals surface area contributed by atoms with Crippen LogP contribution in [0.15, 0.2) is 72.8 Å². The number of nitrogens with zero attached hydrogens (tertiary/aromatic N) is 1. The number of benzene rings is 3. The van der Waals surface area contributed by atoms with Gasteiger partial charge in [0, 0.05) is 29.1 Å². The van der Waals surface area contributed by atoms with Crippen LogP contribution in [0.1, 0.15) is 51.3 Å². The van der Waals surface area contributed by atoms with Crippen molar-refractivity contribution in [2.24, 2.45) is 0 Å². The van der Waals surface area contributed by atoms with Gasteiger partial charge in [0.2, 0.25) is 5.91 Å². The minimum Gasteiger partial charge on any atom is -0.484 e. The van der Waals surface area contributed by atoms with Crippen LogP contribution < -0.4 is 10.1 Å². The molecule has 0 fully saturated rings. The fourth-order valence-corrected chi connectivity index (χ4v) is 4.52. The van der Waals surface area contributed by atoms with Crippen molar-refractivity contribution in [3.05, 3.63) is 99.5 Å². The maximum atomic E-state index is 13.7. The maximum absolute atomic E-state index is 13.7. The van der Waals surface area contributed by atoms with E-state index in [-0.39, 0.29) is 36.4 Å². The molecule has 0 heterocycles. The summed E-state index contributed by atoms with van der Waals surface area (Å²) in [5, 5.41) is 3.90. The Balaban J connectivity index is 1.91. The highest BCUT2D eigenvalue weighted by Crippen LogP contribution is 2.26. The molecule has 1 N–H and O–H groups in total. The third-order valence-electron chi connectivity index (χ3n) is 6.14. The quantitative estimate of drug-likeness (QED) is 0.298. The average molecular weight is 556 g/mol. The summed E-state index contributed by atoms with van der Waals surface area (Å²) in [5.41, 5.74) is 2.81. The summed E-state index contributed by atoms with van der Waals surface area (Å²) in [6.45, 7) is 10.1. The lowest BCUT2D eigenvalue weighted by molar-refractivity contribution is -0.143. The van der Waals surface area contributed by atoms with Gasteiger partial charge >= 0.3 is 0 Å². The molecule has 7 heteroatoms. The third-order valence-corrected chi connectivity index (χ3v) is 6.73. The molecule has 0 aliphatic heterocycles. The number of ether oxygens (including phenoxy) is 1. The predicted molar refractivity (Wildman–Crippen MR) is 155 cm³/mol. The molecule has 3 aromatic carbocycles. The maximum Gasteiger partial charge on any atom is 0.261 e. The van der Waals surface area contributed by atoms with Crippen molar-refractivity contribution in [1.82, 2.24) is 10.2 Å². The monoisotopic (exact) mass is 554 g/mol. The molecule has 0 aromatic heterocycles. The number of hydrogen-bond donors (Lipinski definition) is 1. The van der Waals surface area contributed by atoms with Crippen LogP contribution in [0.25, 0.3) is 0 Å². The van der Waals surface area contributed by atoms with Gasteiger partial charge < -0.3 is 15.0 Å². The van der Waals surface area contributed by atoms with Gasteiger partial charge in [0.1, 0.15) is 11.8 Å². The average Bonchev–Trinajstić information content (AvgIpc) is 2.85. The number of carbonyl (C=O) groups is 2. The smallest absolute Gasteiger partial charge is 0.261 e. The zero-order chi connectivity index (χ0) is 27.9. The molecule has 0 bridgehead atoms. The van der Waals surface area contributed by atoms with E-state index < -0.39 is 6.04 Å². The number of nitrogens with one attached hydrogen (secondary N) is 1. The van der Waals surface area contributed by atoms with Crippen LogP contribution in [0.2, 0.25) is 10.0 Å². The number of hydrogen-bond acceptors (Lipinski definition) is 3. The lowest BCUT2D eigenvalue weighted by Gasteiger charge is -2.32. The second-order valence-electron chi connectivity index (χ2n) is 10.7. The van der Waals surface area contributed by atoms with E-state index >= 15 is 0 Å². The van der Waals surface area contributed by atoms with E-state index in [9.17, 15) is 9.59 Å². The van der Waals surface area contributed by atoms with E-state index in [4.69, 9.17) is 27.9 Å². The fraction of sp³-hybridized carbons (Fsp3) is 0.355. The van der Waals surface area contributed by atoms with Gasteiger partial charge in [-0.05, 0) is 60.2 Å². The molecule has 3 rings (SSSR count). The second-order valence-corrected chi connectivity index (χ2v) is 11.5. The fourth-order valence-electron chi connectivity index (χ4n) is 4.05. The zero-order valence-electron chi connectivity index (χ0n) is 22.6. The summed E-state index contributed by atoms with van der Waals surface area (Å²) in [5.74, 6) is 0.0228. The summed E-state index contributed by atoms with van der Waals surface area (Å²) in [4.78, 5) is 28.7. The lowest BCUT2D eigenvalue weighted by atomic mass is 9.87. The molecular weight excluding hydrogens is 519 g/mol. The minimum atomic E-state index is -0.772. The molecule has 1 unspecified atom stereocenters. The molecule has 0 saturated carbocycles. The van der Waals surface area contributed by atoms with Gasteiger partial charge in [0.05, 0.1) is 0 Å². The molecule has 202 valence electrons. The first-order valence-electron chi connectivity index (χ1n) is 12.7. The van der Waals surface area contributed by atoms with Crippen LogP contribution in [0.4, 0.5) is 0 Å². The Morgan fingerprint density at radius 1 is 0.947 bits per heavy atom. The largest absolute Gasteiger partial charge is 0.484 e. The first-order valence-corrected chi connectivity index (χ1v) is 13.5. The van der Waals surface area contributed by atoms with Crippen LogP contribution in [0.3, 0.4) is 0 Å². The standard InChI is InChI=1S/C31H36Cl2N2O3/c1-21(2)34-30(37)28(17-22-9-7-6-8-10-22)35(19-23-11-14-25(32)18-27(23)33)29(36)20-38-26-15-12-24(13-16-26)31(3,4)5/h6-16,18,21,28H,17,19-20H2,1-5H3,(H,34,37). The Bertz CT molecular complexity index is 1220. The first-order chi connectivity index (χ1) is 17.9. The lowest BCUT2D eigenvalue weighted by Crippen LogP contribution is -2.52. The number of rotatable bonds is 10. The SMILES string of the molecule is CC(C)NC(=O)C(Cc1ccccc1)N(Cc1ccc(Cl)cc1Cl)C(=O)COc1ccc(C(C)(C)C)cc1. The highest BCUT2D eigenvalue weighted by atomic mass is 35.5. The Morgan fingerprint density at radius 2 is 1.61 bits per heavy atom. The molecule has 0 saturated heterocycles. The Labute approximate surface area is 236 Å². The van der Waals surface area contributed by atoms with Crippen molar-refractivity contribution in [2.75, 3.05) is 6.61 Å². The van der Waals surface area contributed by atoms with E-state index in [2.05, 4.69) is 26.1 Å². The Hall–Kier alpha value is -3.02. The predicted octanol–water partition coefficient (Wildman–Crippen LogP) is 6.83. The van der Waals surface area contributed by atoms with Crippen molar-refractivity contribution in [3.8, 4) is 5.75 Å². The molecule has 0 aliphatic rings. The van der Waals surface area contributed by atoms with Crippen molar-refractivity contribution in [3.63, 3.8) is 0 Å². The summed E-state index contributed by atoms with van der Waals surface area (Å²) in [7, 11) is 0. The molecule has 0 aliphatic carbocycles. The number of halogens is 2. The van der Waals surface area contributed by atoms with Crippen molar-refractivity contribution >= 4 is 35.0 Å². The highest BCUT2D eigenvalue weighted by molar-refractivity contribution is 6.35. The molecule has 0 spiro atoms. The van der Waals surface area contributed by atoms with Crippen LogP contribution in [-0.2, 0) is 28.0 Å². The Morgan fingerprint density at radius 3 is 2.18 bits per heavy atom. The van der Waals surface area contributed by atoms with Crippen molar-refractivity contribution in [1.29, 1.82) is 0 Å². The molecule has 0 radical (unpaired) electrons. The van der Waals surface area contributed by atoms with Crippen LogP contribution in [-0.4, -0.2) is 35.4 Å². The minimum absolute atomic E-state index is 0.0113. The van der Waals surface area contributed by atoms with E-state index in [0.29, 0.717) is 27.8 Å². The summed E-state index contributed by atoms with van der Waals surface area (Å²) >= 11 is 12.6. The second kappa shape index (κ2) is 13.2. The number of carbonyl (C=O) groups excluding carboxylic acids is 2. The van der Waals surface area contributed by atoms with Gasteiger partial charge in [0.15, 0.2) is 6.61 Å². The van der Waals surface area contributed by atoms with Gasteiger partial charge in [-0.2, -0.15) is 0 Å². The molecule has 5 nitrogen and oxygen atoms in total. The van der Waals surface area contributed by atoms with Gasteiger partial charge in [-0.1, -0.05) is 92.5 Å². The van der Waals surface area contributed by atoms with Crippen molar-refractivity contribution in [2.45, 2.75) is 65.1 Å². The topological polar surface area (TPSA) is 58.6 Å². The molecule has 1 atom stereocenters. The van der Waals surface area contributed by atoms with Crippen LogP contribution in [0.5, 0.6) is 5.75 Å². The van der Waals surface area contributed by atoms with Gasteiger partial charge in [-0.15, -0.1) is 0 Å². The Kier molecular flexibility index (Phi) is 10.2. The van der Waals surface area contributed by atoms with Crippen molar-refractivity contribution < 1.29 is 14.3 Å². The number of amides is 2. The van der Waals surface area contributed by atoms with Gasteiger partial charge in [0.25, 0.3) is 5.91 Å². The van der Waals surface area contributed by atoms with Gasteiger partial charge in [-0.25, -0.2) is 0 Å². The van der Waals surface area contributed by atoms with E-state index in [1.54, 1.807) is 23.1 Å². The molecule has 38 heavy (non-hydrogen) atoms. The summed E-state index contributed by atoms with van der Waals surface area (Å²) in [6.07, 6.45) is 0.344. The van der Waals surface area contributed by atoms with E-state index in [0.717, 1.165) is 5.56 Å². The molecule has 2 amide bonds. The summed E-state index contributed by atoms with van der Waals surface area (Å²) in [6, 6.07) is 21.6. The third kappa shape index (κ3) is 8.50. The van der Waals surface area contributed by atoms with E-state index in [1.807, 2.05) is 68.4 Å². The van der Waals surface area contributed by atoms with Crippen LogP contribution in [0, 0.1) is 0 Å². The van der Waals surface area contributed by atoms with E-state index in [1.165, 1.54) is 5.56 Å². The molecular formula is C31H36Cl2N2O3. The highest BCUT2D eigenvalue weighted by Gasteiger charge is 2.31.